The highest BCUT2D eigenvalue weighted by Crippen LogP contribution is 2.21. The van der Waals surface area contributed by atoms with Crippen LogP contribution in [0.2, 0.25) is 0 Å². The van der Waals surface area contributed by atoms with E-state index >= 15 is 0 Å². The van der Waals surface area contributed by atoms with E-state index in [0.29, 0.717) is 23.3 Å². The summed E-state index contributed by atoms with van der Waals surface area (Å²) in [6, 6.07) is 7.93. The highest BCUT2D eigenvalue weighted by molar-refractivity contribution is 5.93. The summed E-state index contributed by atoms with van der Waals surface area (Å²) in [4.78, 5) is 23.5. The Hall–Kier alpha value is -2.43. The van der Waals surface area contributed by atoms with Gasteiger partial charge >= 0.3 is 0 Å². The van der Waals surface area contributed by atoms with Crippen molar-refractivity contribution in [3.8, 4) is 0 Å². The Morgan fingerprint density at radius 3 is 2.48 bits per heavy atom. The van der Waals surface area contributed by atoms with Gasteiger partial charge in [0.2, 0.25) is 0 Å². The largest absolute Gasteiger partial charge is 0.340 e. The number of hydrogen-bond acceptors (Lipinski definition) is 4. The third-order valence-electron chi connectivity index (χ3n) is 4.91. The Kier molecular flexibility index (Phi) is 5.02. The molecule has 3 rings (SSSR count). The number of nitrogens with zero attached hydrogens (tertiary/aromatic N) is 3. The van der Waals surface area contributed by atoms with Crippen molar-refractivity contribution in [1.82, 2.24) is 14.9 Å². The minimum Gasteiger partial charge on any atom is -0.340 e. The molecule has 1 amide bonds. The average molecular weight is 338 g/mol. The summed E-state index contributed by atoms with van der Waals surface area (Å²) < 4.78 is 0. The quantitative estimate of drug-likeness (QED) is 0.918. The fourth-order valence-electron chi connectivity index (χ4n) is 3.08. The standard InChI is InChI=1S/C20H26N4O/c1-13-7-9-24(10-8-13)20(25)18-12-19(22-16(4)21-18)23-17-6-5-14(2)15(3)11-17/h5-6,11-13H,7-10H2,1-4H3,(H,21,22,23). The Labute approximate surface area is 149 Å². The third kappa shape index (κ3) is 4.16. The molecule has 0 unspecified atom stereocenters. The Morgan fingerprint density at radius 2 is 1.80 bits per heavy atom. The van der Waals surface area contributed by atoms with Gasteiger partial charge in [-0.2, -0.15) is 0 Å². The van der Waals surface area contributed by atoms with Gasteiger partial charge in [-0.3, -0.25) is 4.79 Å². The number of aromatic nitrogens is 2. The first kappa shape index (κ1) is 17.4. The lowest BCUT2D eigenvalue weighted by atomic mass is 9.99. The maximum atomic E-state index is 12.8. The zero-order chi connectivity index (χ0) is 18.0. The van der Waals surface area contributed by atoms with Gasteiger partial charge in [-0.05, 0) is 62.8 Å². The number of aryl methyl sites for hydroxylation is 3. The van der Waals surface area contributed by atoms with Gasteiger partial charge in [-0.1, -0.05) is 13.0 Å². The summed E-state index contributed by atoms with van der Waals surface area (Å²) >= 11 is 0. The van der Waals surface area contributed by atoms with Crippen molar-refractivity contribution in [2.45, 2.75) is 40.5 Å². The summed E-state index contributed by atoms with van der Waals surface area (Å²) in [5.74, 6) is 1.95. The maximum absolute atomic E-state index is 12.8. The molecule has 5 nitrogen and oxygen atoms in total. The van der Waals surface area contributed by atoms with Crippen LogP contribution in [0.1, 0.15) is 47.2 Å². The van der Waals surface area contributed by atoms with E-state index in [1.54, 1.807) is 6.07 Å². The number of carbonyl (C=O) groups excluding carboxylic acids is 1. The van der Waals surface area contributed by atoms with Crippen molar-refractivity contribution in [3.05, 3.63) is 46.9 Å². The number of anilines is 2. The Morgan fingerprint density at radius 1 is 1.08 bits per heavy atom. The normalized spacial score (nSPS) is 15.3. The van der Waals surface area contributed by atoms with Crippen LogP contribution in [-0.2, 0) is 0 Å². The van der Waals surface area contributed by atoms with Crippen molar-refractivity contribution in [2.24, 2.45) is 5.92 Å². The zero-order valence-electron chi connectivity index (χ0n) is 15.5. The molecule has 1 aliphatic rings. The molecule has 1 aromatic carbocycles. The predicted molar refractivity (Wildman–Crippen MR) is 100 cm³/mol. The minimum absolute atomic E-state index is 0.000497. The molecule has 132 valence electrons. The second kappa shape index (κ2) is 7.21. The first-order chi connectivity index (χ1) is 11.9. The molecule has 25 heavy (non-hydrogen) atoms. The van der Waals surface area contributed by atoms with Gasteiger partial charge in [0.05, 0.1) is 0 Å². The van der Waals surface area contributed by atoms with Gasteiger partial charge in [0.1, 0.15) is 17.3 Å². The van der Waals surface area contributed by atoms with Gasteiger partial charge in [0.25, 0.3) is 5.91 Å². The number of amides is 1. The van der Waals surface area contributed by atoms with E-state index < -0.39 is 0 Å². The van der Waals surface area contributed by atoms with Crippen LogP contribution in [0.15, 0.2) is 24.3 Å². The van der Waals surface area contributed by atoms with Crippen LogP contribution in [0.5, 0.6) is 0 Å². The zero-order valence-corrected chi connectivity index (χ0v) is 15.5. The second-order valence-electron chi connectivity index (χ2n) is 7.08. The minimum atomic E-state index is 0.000497. The number of hydrogen-bond donors (Lipinski definition) is 1. The molecule has 0 bridgehead atoms. The van der Waals surface area contributed by atoms with E-state index in [-0.39, 0.29) is 5.91 Å². The van der Waals surface area contributed by atoms with E-state index in [4.69, 9.17) is 0 Å². The van der Waals surface area contributed by atoms with Gasteiger partial charge in [0.15, 0.2) is 0 Å². The summed E-state index contributed by atoms with van der Waals surface area (Å²) in [6.45, 7) is 9.84. The predicted octanol–water partition coefficient (Wildman–Crippen LogP) is 4.02. The molecule has 0 radical (unpaired) electrons. The molecule has 1 aromatic heterocycles. The van der Waals surface area contributed by atoms with Crippen LogP contribution in [0.4, 0.5) is 11.5 Å². The molecule has 5 heteroatoms. The first-order valence-corrected chi connectivity index (χ1v) is 8.91. The van der Waals surface area contributed by atoms with Crippen LogP contribution < -0.4 is 5.32 Å². The number of piperidine rings is 1. The van der Waals surface area contributed by atoms with Crippen molar-refractivity contribution >= 4 is 17.4 Å². The van der Waals surface area contributed by atoms with Gasteiger partial charge in [-0.25, -0.2) is 9.97 Å². The Balaban J connectivity index is 1.80. The van der Waals surface area contributed by atoms with Gasteiger partial charge in [-0.15, -0.1) is 0 Å². The fourth-order valence-corrected chi connectivity index (χ4v) is 3.08. The molecule has 2 heterocycles. The number of carbonyl (C=O) groups is 1. The summed E-state index contributed by atoms with van der Waals surface area (Å²) in [5, 5.41) is 3.30. The number of nitrogens with one attached hydrogen (secondary N) is 1. The Bertz CT molecular complexity index is 779. The smallest absolute Gasteiger partial charge is 0.272 e. The monoisotopic (exact) mass is 338 g/mol. The van der Waals surface area contributed by atoms with Crippen LogP contribution in [-0.4, -0.2) is 33.9 Å². The lowest BCUT2D eigenvalue weighted by Gasteiger charge is -2.30. The van der Waals surface area contributed by atoms with Crippen molar-refractivity contribution < 1.29 is 4.79 Å². The number of likely N-dealkylation sites (tertiary alicyclic amines) is 1. The maximum Gasteiger partial charge on any atom is 0.272 e. The summed E-state index contributed by atoms with van der Waals surface area (Å²) in [6.07, 6.45) is 2.12. The van der Waals surface area contributed by atoms with Crippen LogP contribution in [0.25, 0.3) is 0 Å². The third-order valence-corrected chi connectivity index (χ3v) is 4.91. The van der Waals surface area contributed by atoms with Crippen LogP contribution >= 0.6 is 0 Å². The summed E-state index contributed by atoms with van der Waals surface area (Å²) in [5.41, 5.74) is 3.90. The van der Waals surface area contributed by atoms with E-state index in [2.05, 4.69) is 48.2 Å². The lowest BCUT2D eigenvalue weighted by molar-refractivity contribution is 0.0691. The fraction of sp³-hybridized carbons (Fsp3) is 0.450. The van der Waals surface area contributed by atoms with E-state index in [1.165, 1.54) is 11.1 Å². The van der Waals surface area contributed by atoms with Crippen molar-refractivity contribution in [3.63, 3.8) is 0 Å². The number of rotatable bonds is 3. The summed E-state index contributed by atoms with van der Waals surface area (Å²) in [7, 11) is 0. The topological polar surface area (TPSA) is 58.1 Å². The van der Waals surface area contributed by atoms with E-state index in [1.807, 2.05) is 17.9 Å². The van der Waals surface area contributed by atoms with Crippen LogP contribution in [0, 0.1) is 26.7 Å². The lowest BCUT2D eigenvalue weighted by Crippen LogP contribution is -2.38. The molecule has 0 atom stereocenters. The van der Waals surface area contributed by atoms with Crippen molar-refractivity contribution in [2.75, 3.05) is 18.4 Å². The molecule has 0 aliphatic carbocycles. The molecule has 1 saturated heterocycles. The molecule has 1 N–H and O–H groups in total. The molecular weight excluding hydrogens is 312 g/mol. The van der Waals surface area contributed by atoms with E-state index in [9.17, 15) is 4.79 Å². The molecule has 0 spiro atoms. The molecule has 1 aliphatic heterocycles. The van der Waals surface area contributed by atoms with E-state index in [0.717, 1.165) is 31.6 Å². The highest BCUT2D eigenvalue weighted by atomic mass is 16.2. The van der Waals surface area contributed by atoms with Crippen LogP contribution in [0.3, 0.4) is 0 Å². The average Bonchev–Trinajstić information content (AvgIpc) is 2.58. The van der Waals surface area contributed by atoms with Gasteiger partial charge in [0, 0.05) is 24.8 Å². The van der Waals surface area contributed by atoms with Gasteiger partial charge < -0.3 is 10.2 Å². The molecule has 0 saturated carbocycles. The molecule has 1 fully saturated rings. The second-order valence-corrected chi connectivity index (χ2v) is 7.08. The highest BCUT2D eigenvalue weighted by Gasteiger charge is 2.23. The SMILES string of the molecule is Cc1nc(Nc2ccc(C)c(C)c2)cc(C(=O)N2CCC(C)CC2)n1. The molecular formula is C20H26N4O. The molecule has 2 aromatic rings. The number of benzene rings is 1. The van der Waals surface area contributed by atoms with Crippen molar-refractivity contribution in [1.29, 1.82) is 0 Å². The first-order valence-electron chi connectivity index (χ1n) is 8.91.